The van der Waals surface area contributed by atoms with Gasteiger partial charge in [0, 0.05) is 37.7 Å². The molecular weight excluding hydrogens is 479 g/mol. The van der Waals surface area contributed by atoms with Crippen molar-refractivity contribution in [3.8, 4) is 5.69 Å². The van der Waals surface area contributed by atoms with Gasteiger partial charge in [-0.2, -0.15) is 5.10 Å². The first kappa shape index (κ1) is 25.8. The number of anilines is 1. The Hall–Kier alpha value is -3.81. The van der Waals surface area contributed by atoms with Crippen LogP contribution in [0.2, 0.25) is 0 Å². The molecule has 8 heteroatoms. The van der Waals surface area contributed by atoms with Crippen molar-refractivity contribution < 1.29 is 9.18 Å². The van der Waals surface area contributed by atoms with Crippen LogP contribution in [0.3, 0.4) is 0 Å². The second-order valence-electron chi connectivity index (χ2n) is 10.3. The van der Waals surface area contributed by atoms with Gasteiger partial charge in [0.1, 0.15) is 17.5 Å². The molecule has 7 nitrogen and oxygen atoms in total. The van der Waals surface area contributed by atoms with E-state index in [1.54, 1.807) is 16.8 Å². The van der Waals surface area contributed by atoms with Crippen LogP contribution < -0.4 is 4.90 Å². The Morgan fingerprint density at radius 3 is 2.42 bits per heavy atom. The van der Waals surface area contributed by atoms with E-state index in [4.69, 9.17) is 15.1 Å². The molecule has 0 radical (unpaired) electrons. The number of benzene rings is 2. The van der Waals surface area contributed by atoms with Gasteiger partial charge < -0.3 is 9.80 Å². The van der Waals surface area contributed by atoms with E-state index >= 15 is 0 Å². The molecule has 0 bridgehead atoms. The minimum atomic E-state index is -0.288. The summed E-state index contributed by atoms with van der Waals surface area (Å²) >= 11 is 0. The van der Waals surface area contributed by atoms with Gasteiger partial charge >= 0.3 is 0 Å². The van der Waals surface area contributed by atoms with E-state index in [0.29, 0.717) is 19.6 Å². The van der Waals surface area contributed by atoms with E-state index < -0.39 is 0 Å². The SMILES string of the molecule is CCC[C@@H](C)c1nc(N2CCCN(C(=O)c3ccc(C)cc3)CC2)c2c(C)nn(-c3ccc(F)cc3)c2n1. The van der Waals surface area contributed by atoms with Crippen LogP contribution in [0.25, 0.3) is 16.7 Å². The minimum absolute atomic E-state index is 0.0669. The van der Waals surface area contributed by atoms with Gasteiger partial charge in [-0.15, -0.1) is 0 Å². The molecule has 0 saturated carbocycles. The predicted molar refractivity (Wildman–Crippen MR) is 149 cm³/mol. The van der Waals surface area contributed by atoms with Crippen LogP contribution >= 0.6 is 0 Å². The summed E-state index contributed by atoms with van der Waals surface area (Å²) in [4.78, 5) is 27.5. The third kappa shape index (κ3) is 5.12. The summed E-state index contributed by atoms with van der Waals surface area (Å²) in [5.41, 5.74) is 4.18. The number of halogens is 1. The molecule has 1 aliphatic rings. The van der Waals surface area contributed by atoms with Crippen molar-refractivity contribution in [2.24, 2.45) is 0 Å². The van der Waals surface area contributed by atoms with Crippen molar-refractivity contribution in [1.82, 2.24) is 24.6 Å². The smallest absolute Gasteiger partial charge is 0.253 e. The third-order valence-electron chi connectivity index (χ3n) is 7.32. The van der Waals surface area contributed by atoms with Gasteiger partial charge in [0.2, 0.25) is 0 Å². The van der Waals surface area contributed by atoms with Gasteiger partial charge in [-0.3, -0.25) is 4.79 Å². The molecule has 1 atom stereocenters. The first-order valence-corrected chi connectivity index (χ1v) is 13.5. The van der Waals surface area contributed by atoms with Crippen LogP contribution in [-0.2, 0) is 0 Å². The van der Waals surface area contributed by atoms with Crippen molar-refractivity contribution in [2.45, 2.75) is 52.9 Å². The normalized spacial score (nSPS) is 15.1. The number of carbonyl (C=O) groups is 1. The summed E-state index contributed by atoms with van der Waals surface area (Å²) in [7, 11) is 0. The van der Waals surface area contributed by atoms with Crippen LogP contribution in [0.4, 0.5) is 10.2 Å². The van der Waals surface area contributed by atoms with E-state index in [9.17, 15) is 9.18 Å². The van der Waals surface area contributed by atoms with Crippen molar-refractivity contribution in [1.29, 1.82) is 0 Å². The van der Waals surface area contributed by atoms with E-state index in [-0.39, 0.29) is 17.6 Å². The number of nitrogens with zero attached hydrogens (tertiary/aromatic N) is 6. The zero-order chi connectivity index (χ0) is 26.8. The monoisotopic (exact) mass is 514 g/mol. The van der Waals surface area contributed by atoms with E-state index in [2.05, 4.69) is 18.7 Å². The van der Waals surface area contributed by atoms with Gasteiger partial charge in [0.25, 0.3) is 5.91 Å². The molecule has 0 N–H and O–H groups in total. The van der Waals surface area contributed by atoms with Crippen molar-refractivity contribution in [3.63, 3.8) is 0 Å². The Morgan fingerprint density at radius 2 is 1.71 bits per heavy atom. The Morgan fingerprint density at radius 1 is 0.974 bits per heavy atom. The summed E-state index contributed by atoms with van der Waals surface area (Å²) in [6.07, 6.45) is 2.86. The number of carbonyl (C=O) groups excluding carboxylic acids is 1. The van der Waals surface area contributed by atoms with Crippen LogP contribution in [-0.4, -0.2) is 56.7 Å². The van der Waals surface area contributed by atoms with E-state index in [0.717, 1.165) is 71.0 Å². The number of fused-ring (bicyclic) bond motifs is 1. The number of rotatable bonds is 6. The number of aromatic nitrogens is 4. The third-order valence-corrected chi connectivity index (χ3v) is 7.32. The second kappa shape index (κ2) is 10.9. The lowest BCUT2D eigenvalue weighted by molar-refractivity contribution is 0.0767. The minimum Gasteiger partial charge on any atom is -0.354 e. The van der Waals surface area contributed by atoms with E-state index in [1.165, 1.54) is 12.1 Å². The van der Waals surface area contributed by atoms with Gasteiger partial charge in [0.05, 0.1) is 16.8 Å². The molecule has 2 aromatic heterocycles. The van der Waals surface area contributed by atoms with E-state index in [1.807, 2.05) is 43.0 Å². The maximum atomic E-state index is 13.6. The van der Waals surface area contributed by atoms with Crippen molar-refractivity contribution in [2.75, 3.05) is 31.1 Å². The largest absolute Gasteiger partial charge is 0.354 e. The van der Waals surface area contributed by atoms with Crippen LogP contribution in [0.1, 0.15) is 66.5 Å². The van der Waals surface area contributed by atoms with Crippen LogP contribution in [0.5, 0.6) is 0 Å². The lowest BCUT2D eigenvalue weighted by Crippen LogP contribution is -2.35. The zero-order valence-corrected chi connectivity index (χ0v) is 22.6. The van der Waals surface area contributed by atoms with Crippen molar-refractivity contribution >= 4 is 22.8 Å². The quantitative estimate of drug-likeness (QED) is 0.324. The molecule has 2 aromatic carbocycles. The fourth-order valence-electron chi connectivity index (χ4n) is 5.16. The summed E-state index contributed by atoms with van der Waals surface area (Å²) in [5, 5.41) is 5.71. The summed E-state index contributed by atoms with van der Waals surface area (Å²) in [6, 6.07) is 14.1. The van der Waals surface area contributed by atoms with Crippen LogP contribution in [0, 0.1) is 19.7 Å². The standard InChI is InChI=1S/C30H35FN6O/c1-5-7-21(3)27-32-28(26-22(4)34-37(29(26)33-27)25-14-12-24(31)13-15-25)35-16-6-17-36(19-18-35)30(38)23-10-8-20(2)9-11-23/h8-15,21H,5-7,16-19H2,1-4H3/t21-/m1/s1. The number of amides is 1. The summed E-state index contributed by atoms with van der Waals surface area (Å²) in [6.45, 7) is 11.1. The molecule has 38 heavy (non-hydrogen) atoms. The molecular formula is C30H35FN6O. The lowest BCUT2D eigenvalue weighted by atomic mass is 10.1. The maximum Gasteiger partial charge on any atom is 0.253 e. The number of aryl methyl sites for hydroxylation is 2. The predicted octanol–water partition coefficient (Wildman–Crippen LogP) is 5.83. The Labute approximate surface area is 223 Å². The first-order chi connectivity index (χ1) is 18.4. The first-order valence-electron chi connectivity index (χ1n) is 13.5. The summed E-state index contributed by atoms with van der Waals surface area (Å²) in [5.74, 6) is 1.62. The lowest BCUT2D eigenvalue weighted by Gasteiger charge is -2.24. The maximum absolute atomic E-state index is 13.6. The second-order valence-corrected chi connectivity index (χ2v) is 10.3. The summed E-state index contributed by atoms with van der Waals surface area (Å²) < 4.78 is 15.4. The highest BCUT2D eigenvalue weighted by atomic mass is 19.1. The highest BCUT2D eigenvalue weighted by molar-refractivity contribution is 5.94. The number of hydrogen-bond acceptors (Lipinski definition) is 5. The van der Waals surface area contributed by atoms with Gasteiger partial charge in [-0.05, 0) is 63.1 Å². The van der Waals surface area contributed by atoms with Gasteiger partial charge in [0.15, 0.2) is 5.65 Å². The Balaban J connectivity index is 1.52. The highest BCUT2D eigenvalue weighted by Gasteiger charge is 2.26. The average Bonchev–Trinajstić information content (AvgIpc) is 3.08. The Kier molecular flexibility index (Phi) is 7.40. The molecule has 198 valence electrons. The molecule has 1 saturated heterocycles. The highest BCUT2D eigenvalue weighted by Crippen LogP contribution is 2.32. The fraction of sp³-hybridized carbons (Fsp3) is 0.400. The molecule has 4 aromatic rings. The molecule has 0 aliphatic carbocycles. The molecule has 0 unspecified atom stereocenters. The molecule has 1 aliphatic heterocycles. The fourth-order valence-corrected chi connectivity index (χ4v) is 5.16. The van der Waals surface area contributed by atoms with Gasteiger partial charge in [-0.1, -0.05) is 38.0 Å². The average molecular weight is 515 g/mol. The molecule has 0 spiro atoms. The zero-order valence-electron chi connectivity index (χ0n) is 22.6. The topological polar surface area (TPSA) is 67.2 Å². The van der Waals surface area contributed by atoms with Crippen LogP contribution in [0.15, 0.2) is 48.5 Å². The molecule has 1 fully saturated rings. The van der Waals surface area contributed by atoms with Gasteiger partial charge in [-0.25, -0.2) is 19.0 Å². The molecule has 3 heterocycles. The van der Waals surface area contributed by atoms with Crippen molar-refractivity contribution in [3.05, 3.63) is 77.0 Å². The molecule has 5 rings (SSSR count). The Bertz CT molecular complexity index is 1430. The number of hydrogen-bond donors (Lipinski definition) is 0. The molecule has 1 amide bonds.